The molecule has 0 aromatic carbocycles. The average molecular weight is 331 g/mol. The van der Waals surface area contributed by atoms with Crippen LogP contribution in [0.1, 0.15) is 60.6 Å². The van der Waals surface area contributed by atoms with E-state index in [-0.39, 0.29) is 17.5 Å². The van der Waals surface area contributed by atoms with Crippen LogP contribution in [0.5, 0.6) is 0 Å². The smallest absolute Gasteiger partial charge is 0.339 e. The minimum atomic E-state index is -0.928. The Hall–Kier alpha value is -1.85. The van der Waals surface area contributed by atoms with Gasteiger partial charge in [0, 0.05) is 19.0 Å². The molecule has 1 aromatic rings. The Morgan fingerprint density at radius 1 is 1.12 bits per heavy atom. The second-order valence-electron chi connectivity index (χ2n) is 7.65. The summed E-state index contributed by atoms with van der Waals surface area (Å²) >= 11 is 0. The molecule has 6 nitrogen and oxygen atoms in total. The van der Waals surface area contributed by atoms with Gasteiger partial charge >= 0.3 is 5.97 Å². The third-order valence-corrected chi connectivity index (χ3v) is 5.94. The molecule has 0 spiro atoms. The number of carboxylic acid groups (broad SMARTS) is 1. The number of hydrogen-bond acceptors (Lipinski definition) is 3. The van der Waals surface area contributed by atoms with E-state index in [2.05, 4.69) is 10.00 Å². The molecule has 1 amide bonds. The molecule has 24 heavy (non-hydrogen) atoms. The molecule has 1 N–H and O–H groups in total. The Kier molecular flexibility index (Phi) is 3.85. The third-order valence-electron chi connectivity index (χ3n) is 5.94. The van der Waals surface area contributed by atoms with Gasteiger partial charge in [-0.3, -0.25) is 9.48 Å². The first-order chi connectivity index (χ1) is 11.6. The van der Waals surface area contributed by atoms with E-state index in [0.717, 1.165) is 25.9 Å². The molecular weight excluding hydrogens is 306 g/mol. The zero-order valence-electron chi connectivity index (χ0n) is 14.1. The quantitative estimate of drug-likeness (QED) is 0.899. The molecule has 1 aliphatic heterocycles. The largest absolute Gasteiger partial charge is 0.478 e. The van der Waals surface area contributed by atoms with E-state index in [1.165, 1.54) is 31.9 Å². The molecule has 0 radical (unpaired) electrons. The second-order valence-corrected chi connectivity index (χ2v) is 7.65. The van der Waals surface area contributed by atoms with Gasteiger partial charge in [0.05, 0.1) is 17.9 Å². The van der Waals surface area contributed by atoms with Crippen molar-refractivity contribution in [1.29, 1.82) is 0 Å². The predicted octanol–water partition coefficient (Wildman–Crippen LogP) is 2.49. The summed E-state index contributed by atoms with van der Waals surface area (Å²) in [6.07, 6.45) is 8.07. The van der Waals surface area contributed by atoms with Gasteiger partial charge in [-0.1, -0.05) is 0 Å². The van der Waals surface area contributed by atoms with Gasteiger partial charge in [0.2, 0.25) is 5.91 Å². The fourth-order valence-corrected chi connectivity index (χ4v) is 4.24. The first kappa shape index (κ1) is 15.7. The van der Waals surface area contributed by atoms with Crippen LogP contribution >= 0.6 is 0 Å². The highest BCUT2D eigenvalue weighted by Crippen LogP contribution is 2.50. The van der Waals surface area contributed by atoms with Crippen LogP contribution in [0.3, 0.4) is 0 Å². The van der Waals surface area contributed by atoms with Crippen LogP contribution in [0.4, 0.5) is 0 Å². The lowest BCUT2D eigenvalue weighted by Gasteiger charge is -2.35. The van der Waals surface area contributed by atoms with Crippen LogP contribution in [0.15, 0.2) is 6.20 Å². The Labute approximate surface area is 141 Å². The van der Waals surface area contributed by atoms with E-state index in [0.29, 0.717) is 23.4 Å². The molecular formula is C18H25N3O3. The summed E-state index contributed by atoms with van der Waals surface area (Å²) in [5.41, 5.74) is 0.983. The molecule has 0 bridgehead atoms. The van der Waals surface area contributed by atoms with Crippen molar-refractivity contribution >= 4 is 11.9 Å². The van der Waals surface area contributed by atoms with Crippen molar-refractivity contribution in [2.24, 2.45) is 17.8 Å². The molecule has 6 heteroatoms. The number of amides is 1. The standard InChI is InChI=1S/C18H25N3O3/c1-11-15(18(23)24)10-19-21(11)14-6-8-20(9-7-14)17(22)16(12-2-3-12)13-4-5-13/h10,12-14,16H,2-9H2,1H3,(H,23,24). The fourth-order valence-electron chi connectivity index (χ4n) is 4.24. The number of piperidine rings is 1. The van der Waals surface area contributed by atoms with E-state index >= 15 is 0 Å². The molecule has 3 aliphatic rings. The predicted molar refractivity (Wildman–Crippen MR) is 87.7 cm³/mol. The zero-order chi connectivity index (χ0) is 16.8. The van der Waals surface area contributed by atoms with Crippen LogP contribution in [0, 0.1) is 24.7 Å². The maximum atomic E-state index is 12.9. The number of aromatic carboxylic acids is 1. The van der Waals surface area contributed by atoms with Crippen LogP contribution < -0.4 is 0 Å². The summed E-state index contributed by atoms with van der Waals surface area (Å²) in [6.45, 7) is 3.34. The number of hydrogen-bond donors (Lipinski definition) is 1. The summed E-state index contributed by atoms with van der Waals surface area (Å²) in [5, 5.41) is 13.4. The van der Waals surface area contributed by atoms with Gasteiger partial charge in [-0.05, 0) is 57.3 Å². The van der Waals surface area contributed by atoms with Crippen molar-refractivity contribution in [3.05, 3.63) is 17.5 Å². The van der Waals surface area contributed by atoms with E-state index in [9.17, 15) is 9.59 Å². The molecule has 0 unspecified atom stereocenters. The van der Waals surface area contributed by atoms with Gasteiger partial charge in [-0.15, -0.1) is 0 Å². The zero-order valence-corrected chi connectivity index (χ0v) is 14.1. The maximum absolute atomic E-state index is 12.9. The Bertz CT molecular complexity index is 640. The van der Waals surface area contributed by atoms with Gasteiger partial charge in [-0.2, -0.15) is 5.10 Å². The monoisotopic (exact) mass is 331 g/mol. The normalized spacial score (nSPS) is 22.2. The van der Waals surface area contributed by atoms with Crippen molar-refractivity contribution in [3.63, 3.8) is 0 Å². The van der Waals surface area contributed by atoms with Gasteiger partial charge in [0.15, 0.2) is 0 Å². The van der Waals surface area contributed by atoms with Crippen LogP contribution in [-0.2, 0) is 4.79 Å². The van der Waals surface area contributed by atoms with Crippen molar-refractivity contribution in [2.75, 3.05) is 13.1 Å². The second kappa shape index (κ2) is 5.90. The van der Waals surface area contributed by atoms with Crippen molar-refractivity contribution in [3.8, 4) is 0 Å². The molecule has 2 aliphatic carbocycles. The first-order valence-corrected chi connectivity index (χ1v) is 9.12. The molecule has 1 saturated heterocycles. The van der Waals surface area contributed by atoms with Crippen molar-refractivity contribution < 1.29 is 14.7 Å². The molecule has 2 heterocycles. The summed E-state index contributed by atoms with van der Waals surface area (Å²) in [6, 6.07) is 0.197. The van der Waals surface area contributed by atoms with Crippen LogP contribution in [0.2, 0.25) is 0 Å². The number of rotatable bonds is 5. The molecule has 130 valence electrons. The van der Waals surface area contributed by atoms with Crippen LogP contribution in [-0.4, -0.2) is 44.8 Å². The molecule has 1 aromatic heterocycles. The highest BCUT2D eigenvalue weighted by Gasteiger charge is 2.47. The van der Waals surface area contributed by atoms with E-state index in [4.69, 9.17) is 5.11 Å². The lowest BCUT2D eigenvalue weighted by atomic mass is 9.94. The van der Waals surface area contributed by atoms with Gasteiger partial charge in [0.25, 0.3) is 0 Å². The summed E-state index contributed by atoms with van der Waals surface area (Å²) < 4.78 is 1.84. The molecule has 2 saturated carbocycles. The number of aromatic nitrogens is 2. The number of carbonyl (C=O) groups excluding carboxylic acids is 1. The third kappa shape index (κ3) is 2.82. The van der Waals surface area contributed by atoms with Crippen molar-refractivity contribution in [2.45, 2.75) is 51.5 Å². The SMILES string of the molecule is Cc1c(C(=O)O)cnn1C1CCN(C(=O)C(C2CC2)C2CC2)CC1. The molecule has 4 rings (SSSR count). The Morgan fingerprint density at radius 3 is 2.17 bits per heavy atom. The number of carboxylic acids is 1. The lowest BCUT2D eigenvalue weighted by Crippen LogP contribution is -2.43. The Balaban J connectivity index is 1.39. The van der Waals surface area contributed by atoms with Crippen LogP contribution in [0.25, 0.3) is 0 Å². The van der Waals surface area contributed by atoms with Gasteiger partial charge in [0.1, 0.15) is 5.56 Å². The van der Waals surface area contributed by atoms with Crippen molar-refractivity contribution in [1.82, 2.24) is 14.7 Å². The number of likely N-dealkylation sites (tertiary alicyclic amines) is 1. The van der Waals surface area contributed by atoms with Gasteiger partial charge in [-0.25, -0.2) is 4.79 Å². The minimum absolute atomic E-state index is 0.197. The number of nitrogens with zero attached hydrogens (tertiary/aromatic N) is 3. The van der Waals surface area contributed by atoms with E-state index in [1.54, 1.807) is 0 Å². The highest BCUT2D eigenvalue weighted by molar-refractivity contribution is 5.88. The number of carbonyl (C=O) groups is 2. The summed E-state index contributed by atoms with van der Waals surface area (Å²) in [5.74, 6) is 1.03. The lowest BCUT2D eigenvalue weighted by molar-refractivity contribution is -0.138. The average Bonchev–Trinajstić information content (AvgIpc) is 3.48. The minimum Gasteiger partial charge on any atom is -0.478 e. The van der Waals surface area contributed by atoms with Gasteiger partial charge < -0.3 is 10.0 Å². The highest BCUT2D eigenvalue weighted by atomic mass is 16.4. The topological polar surface area (TPSA) is 75.4 Å². The summed E-state index contributed by atoms with van der Waals surface area (Å²) in [4.78, 5) is 26.1. The first-order valence-electron chi connectivity index (χ1n) is 9.12. The molecule has 0 atom stereocenters. The Morgan fingerprint density at radius 2 is 1.71 bits per heavy atom. The fraction of sp³-hybridized carbons (Fsp3) is 0.722. The van der Waals surface area contributed by atoms with E-state index in [1.807, 2.05) is 11.6 Å². The summed E-state index contributed by atoms with van der Waals surface area (Å²) in [7, 11) is 0. The molecule has 3 fully saturated rings. The maximum Gasteiger partial charge on any atom is 0.339 e. The van der Waals surface area contributed by atoms with E-state index < -0.39 is 5.97 Å².